The topological polar surface area (TPSA) is 57.7 Å². The van der Waals surface area contributed by atoms with Gasteiger partial charge >= 0.3 is 58.4 Å². The van der Waals surface area contributed by atoms with Gasteiger partial charge in [0, 0.05) is 12.6 Å². The average molecular weight is 428 g/mol. The molecule has 19 heavy (non-hydrogen) atoms. The van der Waals surface area contributed by atoms with Crippen LogP contribution in [0.3, 0.4) is 0 Å². The third-order valence-electron chi connectivity index (χ3n) is 2.27. The van der Waals surface area contributed by atoms with Gasteiger partial charge in [0.05, 0.1) is 0 Å². The molecule has 2 aromatic heterocycles. The summed E-state index contributed by atoms with van der Waals surface area (Å²) in [7, 11) is 0. The van der Waals surface area contributed by atoms with E-state index in [-0.39, 0.29) is 0 Å². The van der Waals surface area contributed by atoms with Gasteiger partial charge in [-0.1, -0.05) is 19.9 Å². The first-order valence-electron chi connectivity index (χ1n) is 6.24. The molecule has 1 aliphatic heterocycles. The molecule has 0 spiro atoms. The molecule has 0 bridgehead atoms. The Labute approximate surface area is 124 Å². The Bertz CT molecular complexity index is 513. The number of nitrogens with zero attached hydrogens (tertiary/aromatic N) is 5. The van der Waals surface area contributed by atoms with Crippen LogP contribution in [0.25, 0.3) is 6.20 Å². The van der Waals surface area contributed by atoms with E-state index in [1.54, 1.807) is 12.4 Å². The zero-order chi connectivity index (χ0) is 14.1. The van der Waals surface area contributed by atoms with Crippen LogP contribution in [0.15, 0.2) is 18.5 Å². The van der Waals surface area contributed by atoms with E-state index in [2.05, 4.69) is 30.6 Å². The van der Waals surface area contributed by atoms with Gasteiger partial charge in [0.15, 0.2) is 0 Å². The number of imidazole rings is 1. The van der Waals surface area contributed by atoms with E-state index < -0.39 is 0 Å². The normalized spacial score (nSPS) is 10.9. The minimum atomic E-state index is 0.919. The first-order valence-corrected chi connectivity index (χ1v) is 7.94. The molecule has 3 rings (SSSR count). The second-order valence-electron chi connectivity index (χ2n) is 3.47. The number of hydrogen-bond donors (Lipinski definition) is 0. The first-order chi connectivity index (χ1) is 9.31. The number of rotatable bonds is 2. The van der Waals surface area contributed by atoms with Gasteiger partial charge in [0.1, 0.15) is 11.6 Å². The number of hydrogen-bond acceptors (Lipinski definition) is 3. The van der Waals surface area contributed by atoms with Crippen LogP contribution in [-0.2, 0) is 32.2 Å². The Hall–Kier alpha value is -1.35. The molecule has 5 nitrogen and oxygen atoms in total. The average Bonchev–Trinajstić information content (AvgIpc) is 3.14. The molecule has 0 N–H and O–H groups in total. The van der Waals surface area contributed by atoms with Gasteiger partial charge in [-0.25, -0.2) is 0 Å². The number of fused-ring (bicyclic) bond motifs is 1. The Kier molecular flexibility index (Phi) is 7.19. The maximum atomic E-state index is 3.98. The molecule has 0 fully saturated rings. The second-order valence-corrected chi connectivity index (χ2v) is 4.66. The predicted molar refractivity (Wildman–Crippen MR) is 72.5 cm³/mol. The summed E-state index contributed by atoms with van der Waals surface area (Å²) in [6.07, 6.45) is 9.37. The van der Waals surface area contributed by atoms with Crippen molar-refractivity contribution in [1.29, 1.82) is 0 Å². The molecule has 0 radical (unpaired) electrons. The molecule has 102 valence electrons. The summed E-state index contributed by atoms with van der Waals surface area (Å²) in [5.41, 5.74) is 0. The van der Waals surface area contributed by atoms with Crippen molar-refractivity contribution < 1.29 is 19.4 Å². The van der Waals surface area contributed by atoms with Crippen molar-refractivity contribution in [3.05, 3.63) is 35.9 Å². The van der Waals surface area contributed by atoms with Gasteiger partial charge in [-0.15, -0.1) is 10.2 Å². The van der Waals surface area contributed by atoms with Crippen LogP contribution in [0.1, 0.15) is 31.3 Å². The van der Waals surface area contributed by atoms with Crippen LogP contribution < -0.4 is 4.98 Å². The van der Waals surface area contributed by atoms with Crippen LogP contribution in [0, 0.1) is 6.92 Å². The van der Waals surface area contributed by atoms with E-state index in [9.17, 15) is 0 Å². The van der Waals surface area contributed by atoms with Crippen molar-refractivity contribution in [2.24, 2.45) is 0 Å². The maximum absolute atomic E-state index is 3.98. The molecule has 2 aromatic rings. The molecular weight excluding hydrogens is 410 g/mol. The predicted octanol–water partition coefficient (Wildman–Crippen LogP) is 1.57. The van der Waals surface area contributed by atoms with Crippen LogP contribution in [0.2, 0.25) is 0 Å². The van der Waals surface area contributed by atoms with Crippen LogP contribution in [0.4, 0.5) is 0 Å². The van der Waals surface area contributed by atoms with E-state index in [0.717, 1.165) is 30.3 Å². The second kappa shape index (κ2) is 8.70. The van der Waals surface area contributed by atoms with Gasteiger partial charge in [-0.3, -0.25) is 4.57 Å². The fourth-order valence-electron chi connectivity index (χ4n) is 1.46. The van der Waals surface area contributed by atoms with Gasteiger partial charge in [0.25, 0.3) is 0 Å². The van der Waals surface area contributed by atoms with Crippen molar-refractivity contribution in [3.8, 4) is 0 Å². The first kappa shape index (κ1) is 15.7. The molecule has 1 aliphatic rings. The summed E-state index contributed by atoms with van der Waals surface area (Å²) in [6, 6.07) is 0. The summed E-state index contributed by atoms with van der Waals surface area (Å²) in [4.78, 5) is 7.95. The molecule has 0 aliphatic carbocycles. The van der Waals surface area contributed by atoms with Crippen molar-refractivity contribution in [3.63, 3.8) is 0 Å². The van der Waals surface area contributed by atoms with Crippen molar-refractivity contribution in [1.82, 2.24) is 24.7 Å². The van der Waals surface area contributed by atoms with Gasteiger partial charge in [0.2, 0.25) is 0 Å². The molecule has 0 atom stereocenters. The fraction of sp³-hybridized carbons (Fsp3) is 0.385. The summed E-state index contributed by atoms with van der Waals surface area (Å²) < 4.78 is 4.12. The molecule has 0 amide bonds. The van der Waals surface area contributed by atoms with Crippen molar-refractivity contribution >= 4 is 10.6 Å². The molecule has 0 saturated heterocycles. The number of aromatic nitrogens is 5. The SMILES string of the molecule is CC.Cc1nnc2n1C=CC2.[W]=[CH]Cc1ncc[n-]1. The molecule has 6 heteroatoms. The zero-order valence-electron chi connectivity index (χ0n) is 11.4. The van der Waals surface area contributed by atoms with E-state index in [1.165, 1.54) is 19.4 Å². The van der Waals surface area contributed by atoms with E-state index >= 15 is 0 Å². The third-order valence-corrected chi connectivity index (χ3v) is 2.87. The van der Waals surface area contributed by atoms with E-state index in [4.69, 9.17) is 0 Å². The van der Waals surface area contributed by atoms with Crippen LogP contribution in [-0.4, -0.2) is 24.1 Å². The Morgan fingerprint density at radius 2 is 2.21 bits per heavy atom. The van der Waals surface area contributed by atoms with Gasteiger partial charge in [-0.05, 0) is 6.92 Å². The third kappa shape index (κ3) is 4.67. The Morgan fingerprint density at radius 1 is 1.42 bits per heavy atom. The number of allylic oxidation sites excluding steroid dienone is 1. The van der Waals surface area contributed by atoms with Crippen molar-refractivity contribution in [2.45, 2.75) is 33.6 Å². The van der Waals surface area contributed by atoms with Gasteiger partial charge in [-0.2, -0.15) is 0 Å². The minimum absolute atomic E-state index is 0.919. The zero-order valence-corrected chi connectivity index (χ0v) is 14.4. The quantitative estimate of drug-likeness (QED) is 0.729. The standard InChI is InChI=1S/C6H7N3.C5H5N2.C2H6.W/c1-5-7-8-6-3-2-4-9(5)6;1-2-5-6-3-4-7-5;1-2;/h2,4H,3H2,1H3;1,3-4H,2H2;1-2H3;/q;-1;;. The van der Waals surface area contributed by atoms with E-state index in [0.29, 0.717) is 0 Å². The molecule has 0 unspecified atom stereocenters. The Balaban J connectivity index is 0.000000170. The summed E-state index contributed by atoms with van der Waals surface area (Å²) >= 11 is 1.48. The van der Waals surface area contributed by atoms with Crippen LogP contribution in [0.5, 0.6) is 0 Å². The van der Waals surface area contributed by atoms with E-state index in [1.807, 2.05) is 31.5 Å². The summed E-state index contributed by atoms with van der Waals surface area (Å²) in [6.45, 7) is 5.95. The molecule has 0 aromatic carbocycles. The van der Waals surface area contributed by atoms with Crippen molar-refractivity contribution in [2.75, 3.05) is 0 Å². The van der Waals surface area contributed by atoms with Gasteiger partial charge < -0.3 is 0 Å². The number of aryl methyl sites for hydroxylation is 1. The monoisotopic (exact) mass is 428 g/mol. The molecule has 3 heterocycles. The fourth-order valence-corrected chi connectivity index (χ4v) is 2.00. The summed E-state index contributed by atoms with van der Waals surface area (Å²) in [5.74, 6) is 2.95. The molecular formula is C13H18N5W-. The molecule has 0 saturated carbocycles. The summed E-state index contributed by atoms with van der Waals surface area (Å²) in [5, 5.41) is 7.85. The Morgan fingerprint density at radius 3 is 2.79 bits per heavy atom. The van der Waals surface area contributed by atoms with Crippen LogP contribution >= 0.6 is 0 Å².